The quantitative estimate of drug-likeness (QED) is 0.362. The van der Waals surface area contributed by atoms with Gasteiger partial charge in [-0.3, -0.25) is 10.1 Å². The Hall–Kier alpha value is -1.63. The molecule has 11 nitrogen and oxygen atoms in total. The third-order valence-corrected chi connectivity index (χ3v) is 2.41. The Morgan fingerprint density at radius 3 is 2.05 bits per heavy atom. The predicted octanol–water partition coefficient (Wildman–Crippen LogP) is -1.47. The van der Waals surface area contributed by atoms with E-state index in [9.17, 15) is 20.0 Å². The molecular formula is C8H6BrN2NaO9. The monoisotopic (exact) mass is 376 g/mol. The van der Waals surface area contributed by atoms with Gasteiger partial charge in [0.15, 0.2) is 5.56 Å². The van der Waals surface area contributed by atoms with Crippen molar-refractivity contribution in [3.63, 3.8) is 0 Å². The molecule has 0 fully saturated rings. The van der Waals surface area contributed by atoms with Gasteiger partial charge in [0, 0.05) is 0 Å². The van der Waals surface area contributed by atoms with Crippen LogP contribution in [0.25, 0.3) is 0 Å². The number of carboxylic acid groups (broad SMARTS) is 1. The van der Waals surface area contributed by atoms with Crippen LogP contribution < -0.4 is 34.3 Å². The topological polar surface area (TPSA) is 176 Å². The number of nitrogens with zero attached hydrogens (tertiary/aromatic N) is 2. The number of carbonyl (C=O) groups is 1. The summed E-state index contributed by atoms with van der Waals surface area (Å²) >= 11 is 2.86. The Morgan fingerprint density at radius 2 is 1.76 bits per heavy atom. The molecule has 13 heteroatoms. The maximum atomic E-state index is 10.9. The second-order valence-electron chi connectivity index (χ2n) is 2.92. The van der Waals surface area contributed by atoms with Crippen LogP contribution in [0.2, 0.25) is 0 Å². The fourth-order valence-corrected chi connectivity index (χ4v) is 1.54. The number of halogens is 1. The Kier molecular flexibility index (Phi) is 9.63. The zero-order valence-electron chi connectivity index (χ0n) is 10.6. The molecule has 0 heterocycles. The van der Waals surface area contributed by atoms with Crippen LogP contribution in [0.5, 0.6) is 11.5 Å². The molecule has 0 aliphatic carbocycles. The molecule has 21 heavy (non-hydrogen) atoms. The zero-order chi connectivity index (χ0) is 16.0. The molecule has 0 spiro atoms. The molecule has 0 atom stereocenters. The van der Waals surface area contributed by atoms with Crippen molar-refractivity contribution in [1.29, 1.82) is 0 Å². The summed E-state index contributed by atoms with van der Waals surface area (Å²) in [5.41, 5.74) is -1.59. The number of aromatic hydroxyl groups is 1. The molecule has 1 aromatic carbocycles. The van der Waals surface area contributed by atoms with Gasteiger partial charge in [-0.2, -0.15) is 0 Å². The number of hydrogen-bond acceptors (Lipinski definition) is 8. The van der Waals surface area contributed by atoms with E-state index in [-0.39, 0.29) is 39.8 Å². The van der Waals surface area contributed by atoms with Crippen LogP contribution in [-0.4, -0.2) is 33.3 Å². The molecule has 110 valence electrons. The minimum atomic E-state index is -1.75. The number of rotatable bonds is 3. The maximum Gasteiger partial charge on any atom is 1.00 e. The van der Waals surface area contributed by atoms with E-state index < -0.39 is 33.0 Å². The van der Waals surface area contributed by atoms with Gasteiger partial charge in [0.2, 0.25) is 5.75 Å². The normalized spacial score (nSPS) is 8.67. The van der Waals surface area contributed by atoms with E-state index in [2.05, 4.69) is 15.9 Å². The second-order valence-corrected chi connectivity index (χ2v) is 3.77. The van der Waals surface area contributed by atoms with Gasteiger partial charge in [0.25, 0.3) is 0 Å². The molecule has 0 aromatic heterocycles. The fourth-order valence-electron chi connectivity index (χ4n) is 1.15. The molecule has 0 saturated carbocycles. The molecule has 2 N–H and O–H groups in total. The van der Waals surface area contributed by atoms with Gasteiger partial charge < -0.3 is 30.3 Å². The summed E-state index contributed by atoms with van der Waals surface area (Å²) in [5.74, 6) is -2.50. The van der Waals surface area contributed by atoms with Crippen LogP contribution in [0.15, 0.2) is 10.5 Å². The standard InChI is InChI=1S/C8H6BrNO6.NO3.Na/c1-16-4-2-3(9)7(11)6(10(14)15)5(4)8(12)13;2-1(3)4;/h2,11H,1H3,(H,12,13);;/q;-1;+1. The molecular weight excluding hydrogens is 371 g/mol. The van der Waals surface area contributed by atoms with Gasteiger partial charge >= 0.3 is 41.2 Å². The molecule has 0 unspecified atom stereocenters. The van der Waals surface area contributed by atoms with E-state index in [0.29, 0.717) is 0 Å². The van der Waals surface area contributed by atoms with Crippen LogP contribution in [0.1, 0.15) is 10.4 Å². The van der Waals surface area contributed by atoms with Crippen LogP contribution in [0.3, 0.4) is 0 Å². The summed E-state index contributed by atoms with van der Waals surface area (Å²) in [7, 11) is 1.18. The smallest absolute Gasteiger partial charge is 0.501 e. The minimum Gasteiger partial charge on any atom is -0.501 e. The number of phenolic OH excluding ortho intramolecular Hbond substituents is 1. The molecule has 0 saturated heterocycles. The first-order valence-electron chi connectivity index (χ1n) is 4.42. The first kappa shape index (κ1) is 21.7. The summed E-state index contributed by atoms with van der Waals surface area (Å²) in [4.78, 5) is 28.8. The molecule has 0 amide bonds. The summed E-state index contributed by atoms with van der Waals surface area (Å²) in [6, 6.07) is 1.14. The number of phenols is 1. The molecule has 0 bridgehead atoms. The van der Waals surface area contributed by atoms with Crippen molar-refractivity contribution in [3.8, 4) is 11.5 Å². The number of methoxy groups -OCH3 is 1. The van der Waals surface area contributed by atoms with E-state index in [1.54, 1.807) is 0 Å². The number of aromatic carboxylic acids is 1. The largest absolute Gasteiger partial charge is 1.00 e. The summed E-state index contributed by atoms with van der Waals surface area (Å²) in [5, 5.41) is 43.7. The SMILES string of the molecule is COc1cc(Br)c(O)c([N+](=O)[O-])c1C(=O)O.O=[N+]([O-])[O-].[Na+]. The minimum absolute atomic E-state index is 0. The van der Waals surface area contributed by atoms with Gasteiger partial charge in [-0.25, -0.2) is 4.79 Å². The van der Waals surface area contributed by atoms with Crippen LogP contribution in [0.4, 0.5) is 5.69 Å². The number of carboxylic acids is 1. The van der Waals surface area contributed by atoms with Gasteiger partial charge in [-0.1, -0.05) is 0 Å². The number of hydrogen-bond donors (Lipinski definition) is 2. The summed E-state index contributed by atoms with van der Waals surface area (Å²) in [6.45, 7) is 0. The molecule has 0 aliphatic rings. The third-order valence-electron chi connectivity index (χ3n) is 1.81. The number of nitro benzene ring substituents is 1. The first-order valence-corrected chi connectivity index (χ1v) is 5.21. The molecule has 0 aliphatic heterocycles. The van der Waals surface area contributed by atoms with E-state index in [4.69, 9.17) is 25.2 Å². The molecule has 1 aromatic rings. The number of ether oxygens (including phenoxy) is 1. The van der Waals surface area contributed by atoms with Crippen molar-refractivity contribution in [1.82, 2.24) is 0 Å². The Bertz CT molecular complexity index is 561. The maximum absolute atomic E-state index is 10.9. The van der Waals surface area contributed by atoms with Gasteiger partial charge in [0.05, 0.1) is 21.6 Å². The van der Waals surface area contributed by atoms with E-state index in [1.807, 2.05) is 0 Å². The van der Waals surface area contributed by atoms with Crippen molar-refractivity contribution in [3.05, 3.63) is 41.5 Å². The van der Waals surface area contributed by atoms with E-state index in [0.717, 1.165) is 6.07 Å². The summed E-state index contributed by atoms with van der Waals surface area (Å²) in [6.07, 6.45) is 0. The van der Waals surface area contributed by atoms with Gasteiger partial charge in [-0.15, -0.1) is 0 Å². The van der Waals surface area contributed by atoms with Gasteiger partial charge in [0.1, 0.15) is 5.75 Å². The average molecular weight is 377 g/mol. The van der Waals surface area contributed by atoms with Crippen LogP contribution in [-0.2, 0) is 0 Å². The van der Waals surface area contributed by atoms with Crippen LogP contribution in [0, 0.1) is 25.4 Å². The average Bonchev–Trinajstić information content (AvgIpc) is 2.30. The van der Waals surface area contributed by atoms with Crippen molar-refractivity contribution in [2.75, 3.05) is 7.11 Å². The van der Waals surface area contributed by atoms with Crippen molar-refractivity contribution in [2.24, 2.45) is 0 Å². The Morgan fingerprint density at radius 1 is 1.33 bits per heavy atom. The summed E-state index contributed by atoms with van der Waals surface area (Å²) < 4.78 is 4.69. The predicted molar refractivity (Wildman–Crippen MR) is 66.3 cm³/mol. The number of benzene rings is 1. The number of nitro groups is 1. The van der Waals surface area contributed by atoms with Crippen molar-refractivity contribution >= 4 is 27.6 Å². The van der Waals surface area contributed by atoms with Crippen molar-refractivity contribution < 1.29 is 59.3 Å². The van der Waals surface area contributed by atoms with Crippen molar-refractivity contribution in [2.45, 2.75) is 0 Å². The van der Waals surface area contributed by atoms with E-state index in [1.165, 1.54) is 7.11 Å². The third kappa shape index (κ3) is 6.12. The van der Waals surface area contributed by atoms with Crippen LogP contribution >= 0.6 is 15.9 Å². The Labute approximate surface area is 146 Å². The fraction of sp³-hybridized carbons (Fsp3) is 0.125. The molecule has 0 radical (unpaired) electrons. The second kappa shape index (κ2) is 9.33. The van der Waals surface area contributed by atoms with Gasteiger partial charge in [-0.05, 0) is 22.0 Å². The van der Waals surface area contributed by atoms with E-state index >= 15 is 0 Å². The molecule has 1 rings (SSSR count). The zero-order valence-corrected chi connectivity index (χ0v) is 14.2. The first-order chi connectivity index (χ1) is 9.13. The Balaban J connectivity index is 0.